The van der Waals surface area contributed by atoms with E-state index >= 15 is 0 Å². The van der Waals surface area contributed by atoms with Crippen molar-refractivity contribution in [2.75, 3.05) is 30.8 Å². The van der Waals surface area contributed by atoms with E-state index in [0.29, 0.717) is 23.5 Å². The predicted octanol–water partition coefficient (Wildman–Crippen LogP) is 1.29. The number of amides is 1. The lowest BCUT2D eigenvalue weighted by molar-refractivity contribution is -0.119. The number of hydrogen-bond acceptors (Lipinski definition) is 3. The summed E-state index contributed by atoms with van der Waals surface area (Å²) in [5, 5.41) is 2.70. The van der Waals surface area contributed by atoms with E-state index in [-0.39, 0.29) is 18.3 Å². The van der Waals surface area contributed by atoms with Crippen LogP contribution in [0.2, 0.25) is 0 Å². The fourth-order valence-corrected chi connectivity index (χ4v) is 1.57. The average molecular weight is 239 g/mol. The molecule has 0 aliphatic rings. The van der Waals surface area contributed by atoms with E-state index in [4.69, 9.17) is 5.73 Å². The number of aryl methyl sites for hydroxylation is 1. The van der Waals surface area contributed by atoms with Crippen LogP contribution in [-0.2, 0) is 4.79 Å². The Balaban J connectivity index is 2.85. The number of nitrogens with two attached hydrogens (primary N) is 1. The summed E-state index contributed by atoms with van der Waals surface area (Å²) in [6.07, 6.45) is 0. The summed E-state index contributed by atoms with van der Waals surface area (Å²) in [6, 6.07) is 2.92. The molecule has 0 bridgehead atoms. The largest absolute Gasteiger partial charge is 0.397 e. The van der Waals surface area contributed by atoms with Gasteiger partial charge in [0.05, 0.1) is 17.9 Å². The van der Waals surface area contributed by atoms with E-state index in [9.17, 15) is 9.18 Å². The number of nitrogens with one attached hydrogen (secondary N) is 1. The van der Waals surface area contributed by atoms with Gasteiger partial charge in [0.25, 0.3) is 0 Å². The van der Waals surface area contributed by atoms with Gasteiger partial charge in [-0.15, -0.1) is 0 Å². The van der Waals surface area contributed by atoms with Crippen LogP contribution in [0.25, 0.3) is 0 Å². The summed E-state index contributed by atoms with van der Waals surface area (Å²) in [7, 11) is 1.75. The molecule has 94 valence electrons. The number of anilines is 2. The van der Waals surface area contributed by atoms with Crippen molar-refractivity contribution in [1.82, 2.24) is 5.32 Å². The summed E-state index contributed by atoms with van der Waals surface area (Å²) < 4.78 is 13.2. The number of hydrogen-bond donors (Lipinski definition) is 2. The molecule has 0 heterocycles. The molecule has 17 heavy (non-hydrogen) atoms. The highest BCUT2D eigenvalue weighted by molar-refractivity contribution is 5.83. The second-order valence-corrected chi connectivity index (χ2v) is 3.97. The molecule has 0 spiro atoms. The molecule has 3 N–H and O–H groups in total. The third-order valence-corrected chi connectivity index (χ3v) is 2.47. The SMILES string of the molecule is CCNC(=O)CN(C)c1cc(C)c(F)cc1N. The molecule has 4 nitrogen and oxygen atoms in total. The smallest absolute Gasteiger partial charge is 0.239 e. The van der Waals surface area contributed by atoms with Crippen molar-refractivity contribution in [2.45, 2.75) is 13.8 Å². The fourth-order valence-electron chi connectivity index (χ4n) is 1.57. The molecule has 0 saturated carbocycles. The van der Waals surface area contributed by atoms with E-state index < -0.39 is 0 Å². The van der Waals surface area contributed by atoms with Crippen LogP contribution in [0, 0.1) is 12.7 Å². The van der Waals surface area contributed by atoms with Crippen molar-refractivity contribution in [1.29, 1.82) is 0 Å². The lowest BCUT2D eigenvalue weighted by Crippen LogP contribution is -2.35. The van der Waals surface area contributed by atoms with Crippen molar-refractivity contribution >= 4 is 17.3 Å². The zero-order chi connectivity index (χ0) is 13.0. The first-order valence-electron chi connectivity index (χ1n) is 5.49. The number of halogens is 1. The Morgan fingerprint density at radius 2 is 2.18 bits per heavy atom. The molecule has 0 radical (unpaired) electrons. The molecular weight excluding hydrogens is 221 g/mol. The van der Waals surface area contributed by atoms with Crippen molar-refractivity contribution in [3.63, 3.8) is 0 Å². The summed E-state index contributed by atoms with van der Waals surface area (Å²) in [5.41, 5.74) is 7.23. The molecule has 0 saturated heterocycles. The van der Waals surface area contributed by atoms with Gasteiger partial charge in [-0.2, -0.15) is 0 Å². The highest BCUT2D eigenvalue weighted by Gasteiger charge is 2.11. The summed E-state index contributed by atoms with van der Waals surface area (Å²) in [5.74, 6) is -0.422. The van der Waals surface area contributed by atoms with Crippen LogP contribution < -0.4 is 16.0 Å². The number of likely N-dealkylation sites (N-methyl/N-ethyl adjacent to an activating group) is 2. The maximum atomic E-state index is 13.2. The first-order valence-corrected chi connectivity index (χ1v) is 5.49. The zero-order valence-corrected chi connectivity index (χ0v) is 10.4. The second kappa shape index (κ2) is 5.52. The molecule has 0 aromatic heterocycles. The maximum absolute atomic E-state index is 13.2. The van der Waals surface area contributed by atoms with Gasteiger partial charge >= 0.3 is 0 Å². The van der Waals surface area contributed by atoms with Crippen LogP contribution in [-0.4, -0.2) is 26.0 Å². The standard InChI is InChI=1S/C12H18FN3O/c1-4-15-12(17)7-16(3)11-5-8(2)9(13)6-10(11)14/h5-6H,4,7,14H2,1-3H3,(H,15,17). The van der Waals surface area contributed by atoms with Gasteiger partial charge in [-0.05, 0) is 31.5 Å². The van der Waals surface area contributed by atoms with Crippen LogP contribution in [0.3, 0.4) is 0 Å². The molecule has 1 aromatic carbocycles. The van der Waals surface area contributed by atoms with E-state index in [1.54, 1.807) is 24.9 Å². The lowest BCUT2D eigenvalue weighted by Gasteiger charge is -2.21. The number of benzene rings is 1. The Labute approximate surface area is 101 Å². The molecule has 1 rings (SSSR count). The molecule has 0 unspecified atom stereocenters. The number of carbonyl (C=O) groups is 1. The number of carbonyl (C=O) groups excluding carboxylic acids is 1. The third kappa shape index (κ3) is 3.34. The van der Waals surface area contributed by atoms with E-state index in [1.807, 2.05) is 6.92 Å². The molecule has 5 heteroatoms. The molecule has 0 atom stereocenters. The summed E-state index contributed by atoms with van der Waals surface area (Å²) in [4.78, 5) is 13.1. The Morgan fingerprint density at radius 3 is 2.76 bits per heavy atom. The van der Waals surface area contributed by atoms with E-state index in [1.165, 1.54) is 6.07 Å². The van der Waals surface area contributed by atoms with Crippen molar-refractivity contribution < 1.29 is 9.18 Å². The Morgan fingerprint density at radius 1 is 1.53 bits per heavy atom. The van der Waals surface area contributed by atoms with Gasteiger partial charge in [0.15, 0.2) is 0 Å². The first kappa shape index (κ1) is 13.3. The molecule has 0 aliphatic carbocycles. The van der Waals surface area contributed by atoms with Crippen molar-refractivity contribution in [3.05, 3.63) is 23.5 Å². The highest BCUT2D eigenvalue weighted by atomic mass is 19.1. The molecule has 0 fully saturated rings. The molecule has 0 aliphatic heterocycles. The van der Waals surface area contributed by atoms with Crippen molar-refractivity contribution in [3.8, 4) is 0 Å². The van der Waals surface area contributed by atoms with Crippen LogP contribution in [0.4, 0.5) is 15.8 Å². The normalized spacial score (nSPS) is 10.1. The van der Waals surface area contributed by atoms with Gasteiger partial charge in [0.1, 0.15) is 5.82 Å². The minimum atomic E-state index is -0.336. The summed E-state index contributed by atoms with van der Waals surface area (Å²) in [6.45, 7) is 4.31. The van der Waals surface area contributed by atoms with Gasteiger partial charge in [0.2, 0.25) is 5.91 Å². The second-order valence-electron chi connectivity index (χ2n) is 3.97. The number of nitrogens with zero attached hydrogens (tertiary/aromatic N) is 1. The zero-order valence-electron chi connectivity index (χ0n) is 10.4. The van der Waals surface area contributed by atoms with Crippen LogP contribution in [0.5, 0.6) is 0 Å². The third-order valence-electron chi connectivity index (χ3n) is 2.47. The van der Waals surface area contributed by atoms with E-state index in [0.717, 1.165) is 0 Å². The Kier molecular flexibility index (Phi) is 4.31. The first-order chi connectivity index (χ1) is 7.95. The van der Waals surface area contributed by atoms with Gasteiger partial charge in [-0.25, -0.2) is 4.39 Å². The maximum Gasteiger partial charge on any atom is 0.239 e. The monoisotopic (exact) mass is 239 g/mol. The Bertz CT molecular complexity index is 420. The van der Waals surface area contributed by atoms with Gasteiger partial charge in [-0.3, -0.25) is 4.79 Å². The predicted molar refractivity (Wildman–Crippen MR) is 67.5 cm³/mol. The minimum absolute atomic E-state index is 0.0867. The highest BCUT2D eigenvalue weighted by Crippen LogP contribution is 2.25. The van der Waals surface area contributed by atoms with Gasteiger partial charge in [-0.1, -0.05) is 0 Å². The molecular formula is C12H18FN3O. The van der Waals surface area contributed by atoms with Crippen molar-refractivity contribution in [2.24, 2.45) is 0 Å². The van der Waals surface area contributed by atoms with Crippen LogP contribution >= 0.6 is 0 Å². The number of nitrogen functional groups attached to an aromatic ring is 1. The van der Waals surface area contributed by atoms with Crippen LogP contribution in [0.15, 0.2) is 12.1 Å². The Hall–Kier alpha value is -1.78. The van der Waals surface area contributed by atoms with Gasteiger partial charge < -0.3 is 16.0 Å². The number of rotatable bonds is 4. The van der Waals surface area contributed by atoms with E-state index in [2.05, 4.69) is 5.32 Å². The minimum Gasteiger partial charge on any atom is -0.397 e. The lowest BCUT2D eigenvalue weighted by atomic mass is 10.1. The van der Waals surface area contributed by atoms with Gasteiger partial charge in [0, 0.05) is 13.6 Å². The molecule has 1 aromatic rings. The topological polar surface area (TPSA) is 58.4 Å². The van der Waals surface area contributed by atoms with Crippen LogP contribution in [0.1, 0.15) is 12.5 Å². The fraction of sp³-hybridized carbons (Fsp3) is 0.417. The molecule has 1 amide bonds. The quantitative estimate of drug-likeness (QED) is 0.778. The summed E-state index contributed by atoms with van der Waals surface area (Å²) >= 11 is 0. The average Bonchev–Trinajstić information content (AvgIpc) is 2.23.